The van der Waals surface area contributed by atoms with Crippen LogP contribution in [0.4, 0.5) is 29.7 Å². The molecule has 3 rings (SSSR count). The molecule has 0 spiro atoms. The number of rotatable bonds is 5. The average molecular weight is 449 g/mol. The number of aromatic nitrogens is 1. The van der Waals surface area contributed by atoms with Gasteiger partial charge in [0.2, 0.25) is 5.91 Å². The Morgan fingerprint density at radius 3 is 2.58 bits per heavy atom. The van der Waals surface area contributed by atoms with E-state index in [-0.39, 0.29) is 23.0 Å². The molecule has 0 aliphatic rings. The molecule has 2 aromatic carbocycles. The average Bonchev–Trinajstić information content (AvgIpc) is 3.16. The second-order valence-electron chi connectivity index (χ2n) is 6.64. The minimum absolute atomic E-state index is 0.0350. The van der Waals surface area contributed by atoms with Crippen LogP contribution in [-0.4, -0.2) is 16.9 Å². The number of hydrogen-bond acceptors (Lipinski definition) is 6. The van der Waals surface area contributed by atoms with Gasteiger partial charge < -0.3 is 10.5 Å². The van der Waals surface area contributed by atoms with Crippen LogP contribution in [-0.2, 0) is 22.3 Å². The minimum atomic E-state index is -4.54. The van der Waals surface area contributed by atoms with Crippen molar-refractivity contribution in [2.45, 2.75) is 26.6 Å². The Bertz CT molecular complexity index is 1130. The molecule has 0 saturated carbocycles. The van der Waals surface area contributed by atoms with Crippen LogP contribution in [0.1, 0.15) is 34.1 Å². The highest BCUT2D eigenvalue weighted by Gasteiger charge is 2.31. The Balaban J connectivity index is 1.79. The molecule has 0 radical (unpaired) electrons. The molecule has 6 nitrogen and oxygen atoms in total. The molecule has 10 heteroatoms. The molecule has 1 aromatic heterocycles. The number of aryl methyl sites for hydroxylation is 1. The number of halogens is 3. The van der Waals surface area contributed by atoms with Crippen LogP contribution in [0.2, 0.25) is 0 Å². The maximum atomic E-state index is 13.0. The molecule has 0 saturated heterocycles. The lowest BCUT2D eigenvalue weighted by atomic mass is 10.1. The summed E-state index contributed by atoms with van der Waals surface area (Å²) in [5.41, 5.74) is 6.69. The summed E-state index contributed by atoms with van der Waals surface area (Å²) >= 11 is 1.04. The Hall–Kier alpha value is -3.40. The van der Waals surface area contributed by atoms with Crippen LogP contribution >= 0.6 is 11.3 Å². The zero-order valence-electron chi connectivity index (χ0n) is 16.6. The molecule has 1 heterocycles. The predicted molar refractivity (Wildman–Crippen MR) is 111 cm³/mol. The number of amides is 1. The first-order valence-electron chi connectivity index (χ1n) is 9.02. The van der Waals surface area contributed by atoms with E-state index >= 15 is 0 Å². The van der Waals surface area contributed by atoms with Crippen LogP contribution in [0.3, 0.4) is 0 Å². The Morgan fingerprint density at radius 2 is 1.90 bits per heavy atom. The van der Waals surface area contributed by atoms with Crippen molar-refractivity contribution in [1.29, 1.82) is 0 Å². The third-order valence-electron chi connectivity index (χ3n) is 4.37. The minimum Gasteiger partial charge on any atom is -0.455 e. The summed E-state index contributed by atoms with van der Waals surface area (Å²) in [7, 11) is 0. The predicted octanol–water partition coefficient (Wildman–Crippen LogP) is 5.09. The van der Waals surface area contributed by atoms with E-state index < -0.39 is 23.6 Å². The Labute approximate surface area is 180 Å². The number of hydrogen-bond donors (Lipinski definition) is 1. The number of nitrogens with zero attached hydrogens (tertiary/aromatic N) is 2. The normalized spacial score (nSPS) is 11.3. The van der Waals surface area contributed by atoms with Crippen molar-refractivity contribution in [3.8, 4) is 0 Å². The number of carbonyl (C=O) groups excluding carboxylic acids is 2. The summed E-state index contributed by atoms with van der Waals surface area (Å²) in [6.45, 7) is 2.81. The first-order chi connectivity index (χ1) is 14.6. The number of nitrogens with two attached hydrogens (primary N) is 1. The molecular weight excluding hydrogens is 431 g/mol. The molecule has 0 fully saturated rings. The van der Waals surface area contributed by atoms with E-state index in [1.54, 1.807) is 30.5 Å². The largest absolute Gasteiger partial charge is 0.455 e. The van der Waals surface area contributed by atoms with Crippen LogP contribution < -0.4 is 10.6 Å². The third kappa shape index (κ3) is 5.02. The summed E-state index contributed by atoms with van der Waals surface area (Å²) in [6, 6.07) is 9.40. The first-order valence-corrected chi connectivity index (χ1v) is 9.90. The highest BCUT2D eigenvalue weighted by atomic mass is 32.1. The molecule has 0 unspecified atom stereocenters. The van der Waals surface area contributed by atoms with Crippen molar-refractivity contribution in [2.24, 2.45) is 0 Å². The quantitative estimate of drug-likeness (QED) is 0.433. The van der Waals surface area contributed by atoms with Crippen LogP contribution in [0.15, 0.2) is 47.8 Å². The van der Waals surface area contributed by atoms with Crippen molar-refractivity contribution in [3.05, 3.63) is 70.2 Å². The van der Waals surface area contributed by atoms with Crippen LogP contribution in [0.5, 0.6) is 0 Å². The van der Waals surface area contributed by atoms with E-state index in [1.165, 1.54) is 19.1 Å². The lowest BCUT2D eigenvalue weighted by Gasteiger charge is -2.19. The van der Waals surface area contributed by atoms with E-state index in [2.05, 4.69) is 4.98 Å². The van der Waals surface area contributed by atoms with Crippen LogP contribution in [0, 0.1) is 6.92 Å². The zero-order valence-corrected chi connectivity index (χ0v) is 17.4. The molecule has 0 bridgehead atoms. The van der Waals surface area contributed by atoms with E-state index in [4.69, 9.17) is 10.5 Å². The second kappa shape index (κ2) is 8.76. The number of alkyl halides is 3. The second-order valence-corrected chi connectivity index (χ2v) is 7.47. The van der Waals surface area contributed by atoms with Gasteiger partial charge in [0.05, 0.1) is 22.5 Å². The summed E-state index contributed by atoms with van der Waals surface area (Å²) in [6.07, 6.45) is -4.54. The molecule has 1 amide bonds. The topological polar surface area (TPSA) is 85.5 Å². The number of para-hydroxylation sites is 1. The summed E-state index contributed by atoms with van der Waals surface area (Å²) in [5, 5.41) is 1.72. The van der Waals surface area contributed by atoms with E-state index in [1.807, 2.05) is 0 Å². The highest BCUT2D eigenvalue weighted by Crippen LogP contribution is 2.35. The maximum Gasteiger partial charge on any atom is 0.416 e. The van der Waals surface area contributed by atoms with Gasteiger partial charge in [-0.05, 0) is 36.8 Å². The highest BCUT2D eigenvalue weighted by molar-refractivity contribution is 7.14. The molecule has 2 N–H and O–H groups in total. The van der Waals surface area contributed by atoms with Gasteiger partial charge in [0.1, 0.15) is 6.61 Å². The molecule has 0 atom stereocenters. The van der Waals surface area contributed by atoms with Gasteiger partial charge in [-0.2, -0.15) is 13.2 Å². The summed E-state index contributed by atoms with van der Waals surface area (Å²) in [5.74, 6) is -1.14. The fourth-order valence-corrected chi connectivity index (χ4v) is 3.66. The molecule has 0 aliphatic carbocycles. The van der Waals surface area contributed by atoms with Gasteiger partial charge in [0, 0.05) is 18.0 Å². The number of anilines is 3. The van der Waals surface area contributed by atoms with Gasteiger partial charge in [0.25, 0.3) is 0 Å². The van der Waals surface area contributed by atoms with Gasteiger partial charge in [-0.1, -0.05) is 18.2 Å². The zero-order chi connectivity index (χ0) is 22.8. The van der Waals surface area contributed by atoms with E-state index in [0.717, 1.165) is 33.9 Å². The lowest BCUT2D eigenvalue weighted by Crippen LogP contribution is -2.23. The lowest BCUT2D eigenvalue weighted by molar-refractivity contribution is -0.137. The molecule has 31 heavy (non-hydrogen) atoms. The molecule has 3 aromatic rings. The summed E-state index contributed by atoms with van der Waals surface area (Å²) in [4.78, 5) is 29.8. The van der Waals surface area contributed by atoms with Crippen molar-refractivity contribution >= 4 is 39.7 Å². The van der Waals surface area contributed by atoms with Gasteiger partial charge in [-0.25, -0.2) is 9.78 Å². The van der Waals surface area contributed by atoms with Gasteiger partial charge in [0.15, 0.2) is 5.13 Å². The Morgan fingerprint density at radius 1 is 1.19 bits per heavy atom. The standard InChI is InChI=1S/C21H18F3N3O3S/c1-12-5-3-8-17(18(12)25)19(29)30-10-15-11-31-20(26-15)27(13(2)28)16-7-4-6-14(9-16)21(22,23)24/h3-9,11H,10,25H2,1-2H3. The van der Waals surface area contributed by atoms with Gasteiger partial charge in [-0.15, -0.1) is 11.3 Å². The van der Waals surface area contributed by atoms with Crippen molar-refractivity contribution < 1.29 is 27.5 Å². The number of thiazole rings is 1. The third-order valence-corrected chi connectivity index (χ3v) is 5.25. The number of nitrogen functional groups attached to an aromatic ring is 1. The fraction of sp³-hybridized carbons (Fsp3) is 0.190. The van der Waals surface area contributed by atoms with Crippen molar-refractivity contribution in [2.75, 3.05) is 10.6 Å². The maximum absolute atomic E-state index is 13.0. The smallest absolute Gasteiger partial charge is 0.416 e. The fourth-order valence-electron chi connectivity index (χ4n) is 2.79. The van der Waals surface area contributed by atoms with E-state index in [0.29, 0.717) is 11.4 Å². The number of esters is 1. The van der Waals surface area contributed by atoms with Gasteiger partial charge in [-0.3, -0.25) is 9.69 Å². The van der Waals surface area contributed by atoms with Gasteiger partial charge >= 0.3 is 12.1 Å². The van der Waals surface area contributed by atoms with Crippen molar-refractivity contribution in [1.82, 2.24) is 4.98 Å². The Kier molecular flexibility index (Phi) is 6.30. The molecule has 0 aliphatic heterocycles. The molecular formula is C21H18F3N3O3S. The number of benzene rings is 2. The van der Waals surface area contributed by atoms with Crippen molar-refractivity contribution in [3.63, 3.8) is 0 Å². The number of carbonyl (C=O) groups is 2. The monoisotopic (exact) mass is 449 g/mol. The number of ether oxygens (including phenoxy) is 1. The molecule has 162 valence electrons. The van der Waals surface area contributed by atoms with E-state index in [9.17, 15) is 22.8 Å². The SMILES string of the molecule is CC(=O)N(c1cccc(C(F)(F)F)c1)c1nc(COC(=O)c2cccc(C)c2N)cs1. The van der Waals surface area contributed by atoms with Crippen LogP contribution in [0.25, 0.3) is 0 Å². The summed E-state index contributed by atoms with van der Waals surface area (Å²) < 4.78 is 44.3. The first kappa shape index (κ1) is 22.3.